The summed E-state index contributed by atoms with van der Waals surface area (Å²) in [7, 11) is 0. The van der Waals surface area contributed by atoms with Crippen molar-refractivity contribution in [1.82, 2.24) is 9.55 Å². The minimum atomic E-state index is 0.111. The number of aldehydes is 1. The van der Waals surface area contributed by atoms with E-state index in [0.29, 0.717) is 12.1 Å². The number of carbonyl (C=O) groups is 1. The maximum absolute atomic E-state index is 9.04. The summed E-state index contributed by atoms with van der Waals surface area (Å²) in [5.41, 5.74) is 9.91. The molecule has 0 aliphatic carbocycles. The molecule has 0 amide bonds. The molecule has 5 aromatic rings. The van der Waals surface area contributed by atoms with Crippen molar-refractivity contribution in [2.45, 2.75) is 0 Å². The Morgan fingerprint density at radius 2 is 1.47 bits per heavy atom. The van der Waals surface area contributed by atoms with Crippen LogP contribution in [0.25, 0.3) is 17.1 Å². The van der Waals surface area contributed by atoms with Gasteiger partial charge in [-0.1, -0.05) is 92.5 Å². The highest BCUT2D eigenvalue weighted by Gasteiger charge is 2.07. The number of carbonyl (C=O) groups excluding carboxylic acids is 1. The summed E-state index contributed by atoms with van der Waals surface area (Å²) in [4.78, 5) is 17.8. The van der Waals surface area contributed by atoms with E-state index in [9.17, 15) is 0 Å². The molecule has 2 N–H and O–H groups in total. The molecule has 0 saturated carbocycles. The van der Waals surface area contributed by atoms with Crippen molar-refractivity contribution >= 4 is 61.3 Å². The molecular weight excluding hydrogens is 628 g/mol. The highest BCUT2D eigenvalue weighted by molar-refractivity contribution is 9.10. The van der Waals surface area contributed by atoms with Crippen molar-refractivity contribution in [3.05, 3.63) is 136 Å². The van der Waals surface area contributed by atoms with Crippen LogP contribution in [-0.2, 0) is 4.79 Å². The quantitative estimate of drug-likeness (QED) is 0.0900. The number of nitrogens with zero attached hydrogens (tertiary/aromatic N) is 3. The van der Waals surface area contributed by atoms with Gasteiger partial charge in [-0.05, 0) is 48.5 Å². The van der Waals surface area contributed by atoms with Gasteiger partial charge in [-0.3, -0.25) is 4.57 Å². The van der Waals surface area contributed by atoms with Crippen molar-refractivity contribution in [3.63, 3.8) is 0 Å². The summed E-state index contributed by atoms with van der Waals surface area (Å²) >= 11 is 11.7. The zero-order valence-electron chi connectivity index (χ0n) is 20.3. The Morgan fingerprint density at radius 1 is 0.868 bits per heavy atom. The van der Waals surface area contributed by atoms with Crippen LogP contribution in [0.3, 0.4) is 0 Å². The lowest BCUT2D eigenvalue weighted by Crippen LogP contribution is -2.12. The molecule has 5 nitrogen and oxygen atoms in total. The number of alkyl halides is 1. The van der Waals surface area contributed by atoms with Crippen molar-refractivity contribution in [1.29, 1.82) is 0 Å². The Hall–Kier alpha value is -3.52. The predicted molar refractivity (Wildman–Crippen MR) is 164 cm³/mol. The van der Waals surface area contributed by atoms with Crippen LogP contribution in [0, 0.1) is 0 Å². The Bertz CT molecular complexity index is 1460. The molecule has 0 aliphatic rings. The maximum atomic E-state index is 9.04. The van der Waals surface area contributed by atoms with Gasteiger partial charge in [0.2, 0.25) is 0 Å². The number of benzene rings is 4. The zero-order valence-corrected chi connectivity index (χ0v) is 24.2. The second-order valence-corrected chi connectivity index (χ2v) is 9.77. The summed E-state index contributed by atoms with van der Waals surface area (Å²) in [5, 5.41) is 0. The number of hydrogen-bond acceptors (Lipinski definition) is 3. The van der Waals surface area contributed by atoms with Crippen molar-refractivity contribution in [2.75, 3.05) is 5.88 Å². The maximum Gasteiger partial charge on any atom is 0.144 e. The number of amidine groups is 1. The minimum Gasteiger partial charge on any atom is -0.383 e. The SMILES string of the molecule is Brc1cccc(-c2nccn2-c2ccccc2)c1.NC(=Nc1ccccc1)c1cccc(Br)c1.O=CCCl. The fraction of sp³-hybridized carbons (Fsp3) is 0.0333. The Labute approximate surface area is 244 Å². The second-order valence-electron chi connectivity index (χ2n) is 7.63. The first-order valence-corrected chi connectivity index (χ1v) is 13.6. The average molecular weight is 653 g/mol. The van der Waals surface area contributed by atoms with Gasteiger partial charge in [-0.15, -0.1) is 11.6 Å². The zero-order chi connectivity index (χ0) is 27.2. The smallest absolute Gasteiger partial charge is 0.144 e. The van der Waals surface area contributed by atoms with Gasteiger partial charge in [-0.25, -0.2) is 9.98 Å². The molecule has 38 heavy (non-hydrogen) atoms. The first-order valence-electron chi connectivity index (χ1n) is 11.5. The number of aliphatic imine (C=N–C) groups is 1. The fourth-order valence-corrected chi connectivity index (χ4v) is 4.09. The van der Waals surface area contributed by atoms with Crippen LogP contribution in [0.5, 0.6) is 0 Å². The van der Waals surface area contributed by atoms with E-state index in [2.05, 4.69) is 70.7 Å². The topological polar surface area (TPSA) is 73.3 Å². The molecule has 1 heterocycles. The Morgan fingerprint density at radius 3 is 2.08 bits per heavy atom. The molecule has 1 aromatic heterocycles. The summed E-state index contributed by atoms with van der Waals surface area (Å²) in [6.07, 6.45) is 4.44. The van der Waals surface area contributed by atoms with E-state index in [1.807, 2.05) is 97.3 Å². The minimum absolute atomic E-state index is 0.111. The van der Waals surface area contributed by atoms with Gasteiger partial charge in [0.25, 0.3) is 0 Å². The predicted octanol–water partition coefficient (Wildman–Crippen LogP) is 8.21. The van der Waals surface area contributed by atoms with E-state index in [-0.39, 0.29) is 5.88 Å². The summed E-state index contributed by atoms with van der Waals surface area (Å²) in [6.45, 7) is 0. The molecule has 5 rings (SSSR count). The number of para-hydroxylation sites is 2. The third-order valence-electron chi connectivity index (χ3n) is 4.95. The number of hydrogen-bond donors (Lipinski definition) is 1. The molecule has 0 radical (unpaired) electrons. The van der Waals surface area contributed by atoms with Crippen LogP contribution in [0.4, 0.5) is 5.69 Å². The fourth-order valence-electron chi connectivity index (χ4n) is 3.30. The molecule has 0 spiro atoms. The van der Waals surface area contributed by atoms with Gasteiger partial charge in [0, 0.05) is 38.2 Å². The van der Waals surface area contributed by atoms with Crippen LogP contribution in [0.1, 0.15) is 5.56 Å². The molecule has 0 atom stereocenters. The lowest BCUT2D eigenvalue weighted by Gasteiger charge is -2.07. The van der Waals surface area contributed by atoms with Crippen molar-refractivity contribution < 1.29 is 4.79 Å². The first-order chi connectivity index (χ1) is 18.5. The van der Waals surface area contributed by atoms with Gasteiger partial charge in [-0.2, -0.15) is 0 Å². The molecule has 4 aromatic carbocycles. The van der Waals surface area contributed by atoms with E-state index in [4.69, 9.17) is 22.1 Å². The van der Waals surface area contributed by atoms with Crippen LogP contribution >= 0.6 is 43.5 Å². The monoisotopic (exact) mass is 650 g/mol. The summed E-state index contributed by atoms with van der Waals surface area (Å²) in [5.74, 6) is 1.58. The Balaban J connectivity index is 0.000000186. The number of halogens is 3. The van der Waals surface area contributed by atoms with Gasteiger partial charge in [0.1, 0.15) is 17.9 Å². The van der Waals surface area contributed by atoms with Gasteiger partial charge < -0.3 is 10.5 Å². The molecule has 0 bridgehead atoms. The molecule has 8 heteroatoms. The molecule has 0 aliphatic heterocycles. The third kappa shape index (κ3) is 9.10. The summed E-state index contributed by atoms with van der Waals surface area (Å²) < 4.78 is 4.14. The second kappa shape index (κ2) is 15.7. The van der Waals surface area contributed by atoms with E-state index in [1.165, 1.54) is 0 Å². The highest BCUT2D eigenvalue weighted by Crippen LogP contribution is 2.24. The summed E-state index contributed by atoms with van der Waals surface area (Å²) in [6, 6.07) is 35.8. The molecule has 0 saturated heterocycles. The average Bonchev–Trinajstić information content (AvgIpc) is 3.45. The van der Waals surface area contributed by atoms with Crippen molar-refractivity contribution in [3.8, 4) is 17.1 Å². The third-order valence-corrected chi connectivity index (χ3v) is 6.06. The van der Waals surface area contributed by atoms with Gasteiger partial charge in [0.05, 0.1) is 11.6 Å². The van der Waals surface area contributed by atoms with E-state index in [1.54, 1.807) is 0 Å². The van der Waals surface area contributed by atoms with Gasteiger partial charge in [0.15, 0.2) is 0 Å². The standard InChI is InChI=1S/C15H11BrN2.C13H11BrN2.C2H3ClO/c16-13-6-4-5-12(11-13)15-17-9-10-18(15)14-7-2-1-3-8-14;14-11-6-4-5-10(9-11)13(15)16-12-7-2-1-3-8-12;3-1-2-4/h1-11H;1-9H,(H2,15,16);2H,1H2. The first kappa shape index (κ1) is 29.0. The number of rotatable bonds is 5. The van der Waals surface area contributed by atoms with Crippen LogP contribution < -0.4 is 5.73 Å². The van der Waals surface area contributed by atoms with Crippen LogP contribution in [0.15, 0.2) is 136 Å². The van der Waals surface area contributed by atoms with E-state index < -0.39 is 0 Å². The normalized spacial score (nSPS) is 10.4. The largest absolute Gasteiger partial charge is 0.383 e. The van der Waals surface area contributed by atoms with Gasteiger partial charge >= 0.3 is 0 Å². The molecular formula is C30H25Br2ClN4O. The van der Waals surface area contributed by atoms with Crippen molar-refractivity contribution in [2.24, 2.45) is 10.7 Å². The highest BCUT2D eigenvalue weighted by atomic mass is 79.9. The van der Waals surface area contributed by atoms with Crippen LogP contribution in [-0.4, -0.2) is 27.6 Å². The molecule has 0 unspecified atom stereocenters. The number of aromatic nitrogens is 2. The molecule has 0 fully saturated rings. The lowest BCUT2D eigenvalue weighted by molar-refractivity contribution is -0.105. The Kier molecular flexibility index (Phi) is 12.0. The van der Waals surface area contributed by atoms with E-state index in [0.717, 1.165) is 37.3 Å². The molecule has 192 valence electrons. The van der Waals surface area contributed by atoms with Crippen LogP contribution in [0.2, 0.25) is 0 Å². The lowest BCUT2D eigenvalue weighted by atomic mass is 10.2. The van der Waals surface area contributed by atoms with E-state index >= 15 is 0 Å². The number of nitrogens with two attached hydrogens (primary N) is 1. The number of imidazole rings is 1.